The van der Waals surface area contributed by atoms with Crippen molar-refractivity contribution in [3.05, 3.63) is 11.9 Å². The van der Waals surface area contributed by atoms with E-state index >= 15 is 0 Å². The molecule has 1 rings (SSSR count). The van der Waals surface area contributed by atoms with Crippen LogP contribution in [0, 0.1) is 0 Å². The average molecular weight is 292 g/mol. The molecule has 1 unspecified atom stereocenters. The standard InChI is InChI=1S/C17H32N4/c1-5-8-9-11-14(4)19-17-13-16(18-12-7-3)20-15(21-17)10-6-2/h13-14H,5-12H2,1-4H3,(H2,18,19,20,21). The van der Waals surface area contributed by atoms with E-state index in [1.165, 1.54) is 25.7 Å². The Hall–Kier alpha value is -1.32. The van der Waals surface area contributed by atoms with E-state index in [2.05, 4.69) is 48.3 Å². The van der Waals surface area contributed by atoms with Crippen LogP contribution >= 0.6 is 0 Å². The largest absolute Gasteiger partial charge is 0.370 e. The predicted octanol–water partition coefficient (Wildman–Crippen LogP) is 4.63. The van der Waals surface area contributed by atoms with Crippen molar-refractivity contribution in [3.63, 3.8) is 0 Å². The second-order valence-corrected chi connectivity index (χ2v) is 5.77. The molecule has 0 amide bonds. The van der Waals surface area contributed by atoms with E-state index in [1.54, 1.807) is 0 Å². The minimum Gasteiger partial charge on any atom is -0.370 e. The van der Waals surface area contributed by atoms with E-state index in [0.717, 1.165) is 43.3 Å². The molecule has 0 saturated carbocycles. The van der Waals surface area contributed by atoms with Gasteiger partial charge >= 0.3 is 0 Å². The lowest BCUT2D eigenvalue weighted by molar-refractivity contribution is 0.613. The van der Waals surface area contributed by atoms with E-state index in [1.807, 2.05) is 6.07 Å². The summed E-state index contributed by atoms with van der Waals surface area (Å²) >= 11 is 0. The summed E-state index contributed by atoms with van der Waals surface area (Å²) in [7, 11) is 0. The third-order valence-electron chi connectivity index (χ3n) is 3.44. The molecule has 1 heterocycles. The smallest absolute Gasteiger partial charge is 0.133 e. The van der Waals surface area contributed by atoms with Crippen molar-refractivity contribution in [2.45, 2.75) is 78.7 Å². The second kappa shape index (κ2) is 10.4. The molecule has 1 atom stereocenters. The maximum Gasteiger partial charge on any atom is 0.133 e. The number of hydrogen-bond donors (Lipinski definition) is 2. The van der Waals surface area contributed by atoms with E-state index in [0.29, 0.717) is 6.04 Å². The normalized spacial score (nSPS) is 12.2. The molecule has 2 N–H and O–H groups in total. The summed E-state index contributed by atoms with van der Waals surface area (Å²) in [4.78, 5) is 9.22. The molecule has 0 aromatic carbocycles. The topological polar surface area (TPSA) is 49.8 Å². The summed E-state index contributed by atoms with van der Waals surface area (Å²) in [6.07, 6.45) is 8.15. The van der Waals surface area contributed by atoms with Crippen molar-refractivity contribution in [1.82, 2.24) is 9.97 Å². The van der Waals surface area contributed by atoms with Crippen LogP contribution in [0.2, 0.25) is 0 Å². The number of nitrogens with zero attached hydrogens (tertiary/aromatic N) is 2. The third-order valence-corrected chi connectivity index (χ3v) is 3.44. The molecule has 0 fully saturated rings. The van der Waals surface area contributed by atoms with Crippen LogP contribution in [0.1, 0.15) is 72.0 Å². The van der Waals surface area contributed by atoms with Gasteiger partial charge in [-0.15, -0.1) is 0 Å². The summed E-state index contributed by atoms with van der Waals surface area (Å²) < 4.78 is 0. The summed E-state index contributed by atoms with van der Waals surface area (Å²) in [6, 6.07) is 2.49. The van der Waals surface area contributed by atoms with E-state index in [4.69, 9.17) is 0 Å². The SMILES string of the molecule is CCCCCC(C)Nc1cc(NCCC)nc(CCC)n1. The quantitative estimate of drug-likeness (QED) is 0.584. The first kappa shape index (κ1) is 17.7. The molecule has 0 radical (unpaired) electrons. The van der Waals surface area contributed by atoms with Crippen molar-refractivity contribution in [1.29, 1.82) is 0 Å². The molecule has 0 aliphatic rings. The zero-order valence-electron chi connectivity index (χ0n) is 14.2. The van der Waals surface area contributed by atoms with Crippen LogP contribution in [0.4, 0.5) is 11.6 Å². The number of nitrogens with one attached hydrogen (secondary N) is 2. The van der Waals surface area contributed by atoms with Gasteiger partial charge in [-0.1, -0.05) is 40.0 Å². The van der Waals surface area contributed by atoms with Crippen LogP contribution in [-0.4, -0.2) is 22.6 Å². The minimum atomic E-state index is 0.458. The number of aryl methyl sites for hydroxylation is 1. The van der Waals surface area contributed by atoms with Crippen LogP contribution in [0.5, 0.6) is 0 Å². The molecule has 0 aliphatic heterocycles. The van der Waals surface area contributed by atoms with Gasteiger partial charge in [0.05, 0.1) is 0 Å². The highest BCUT2D eigenvalue weighted by atomic mass is 15.1. The van der Waals surface area contributed by atoms with Crippen molar-refractivity contribution >= 4 is 11.6 Å². The number of rotatable bonds is 11. The van der Waals surface area contributed by atoms with Crippen LogP contribution < -0.4 is 10.6 Å². The lowest BCUT2D eigenvalue weighted by Gasteiger charge is -2.16. The number of aromatic nitrogens is 2. The van der Waals surface area contributed by atoms with Gasteiger partial charge in [0.25, 0.3) is 0 Å². The van der Waals surface area contributed by atoms with Gasteiger partial charge < -0.3 is 10.6 Å². The Morgan fingerprint density at radius 2 is 1.76 bits per heavy atom. The summed E-state index contributed by atoms with van der Waals surface area (Å²) in [5.74, 6) is 2.83. The Bertz CT molecular complexity index is 392. The minimum absolute atomic E-state index is 0.458. The zero-order chi connectivity index (χ0) is 15.5. The first-order valence-corrected chi connectivity index (χ1v) is 8.57. The Morgan fingerprint density at radius 3 is 2.43 bits per heavy atom. The highest BCUT2D eigenvalue weighted by molar-refractivity contribution is 5.48. The van der Waals surface area contributed by atoms with Crippen molar-refractivity contribution in [3.8, 4) is 0 Å². The van der Waals surface area contributed by atoms with Crippen LogP contribution in [-0.2, 0) is 6.42 Å². The van der Waals surface area contributed by atoms with Crippen molar-refractivity contribution in [2.75, 3.05) is 17.2 Å². The van der Waals surface area contributed by atoms with Gasteiger partial charge in [0, 0.05) is 25.1 Å². The van der Waals surface area contributed by atoms with Gasteiger partial charge in [0.15, 0.2) is 0 Å². The van der Waals surface area contributed by atoms with Crippen LogP contribution in [0.25, 0.3) is 0 Å². The van der Waals surface area contributed by atoms with Gasteiger partial charge in [-0.3, -0.25) is 0 Å². The molecule has 0 saturated heterocycles. The molecular weight excluding hydrogens is 260 g/mol. The summed E-state index contributed by atoms with van der Waals surface area (Å²) in [5.41, 5.74) is 0. The first-order chi connectivity index (χ1) is 10.2. The Kier molecular flexibility index (Phi) is 8.79. The lowest BCUT2D eigenvalue weighted by Crippen LogP contribution is -2.17. The van der Waals surface area contributed by atoms with Crippen LogP contribution in [0.3, 0.4) is 0 Å². The van der Waals surface area contributed by atoms with Crippen molar-refractivity contribution in [2.24, 2.45) is 0 Å². The molecule has 1 aromatic rings. The lowest BCUT2D eigenvalue weighted by atomic mass is 10.1. The predicted molar refractivity (Wildman–Crippen MR) is 92.0 cm³/mol. The van der Waals surface area contributed by atoms with E-state index in [9.17, 15) is 0 Å². The number of anilines is 2. The van der Waals surface area contributed by atoms with E-state index < -0.39 is 0 Å². The number of hydrogen-bond acceptors (Lipinski definition) is 4. The third kappa shape index (κ3) is 7.30. The van der Waals surface area contributed by atoms with Gasteiger partial charge in [-0.25, -0.2) is 9.97 Å². The maximum atomic E-state index is 4.64. The fraction of sp³-hybridized carbons (Fsp3) is 0.765. The fourth-order valence-electron chi connectivity index (χ4n) is 2.28. The second-order valence-electron chi connectivity index (χ2n) is 5.77. The summed E-state index contributed by atoms with van der Waals surface area (Å²) in [6.45, 7) is 9.75. The summed E-state index contributed by atoms with van der Waals surface area (Å²) in [5, 5.41) is 6.89. The number of unbranched alkanes of at least 4 members (excludes halogenated alkanes) is 2. The van der Waals surface area contributed by atoms with Crippen LogP contribution in [0.15, 0.2) is 6.07 Å². The maximum absolute atomic E-state index is 4.64. The van der Waals surface area contributed by atoms with Gasteiger partial charge in [0.1, 0.15) is 17.5 Å². The Morgan fingerprint density at radius 1 is 1.00 bits per heavy atom. The highest BCUT2D eigenvalue weighted by Gasteiger charge is 2.07. The van der Waals surface area contributed by atoms with Gasteiger partial charge in [-0.05, 0) is 26.2 Å². The van der Waals surface area contributed by atoms with Gasteiger partial charge in [-0.2, -0.15) is 0 Å². The molecule has 21 heavy (non-hydrogen) atoms. The van der Waals surface area contributed by atoms with E-state index in [-0.39, 0.29) is 0 Å². The Balaban J connectivity index is 2.67. The Labute approximate surface area is 130 Å². The highest BCUT2D eigenvalue weighted by Crippen LogP contribution is 2.15. The van der Waals surface area contributed by atoms with Gasteiger partial charge in [0.2, 0.25) is 0 Å². The fourth-order valence-corrected chi connectivity index (χ4v) is 2.28. The molecule has 120 valence electrons. The first-order valence-electron chi connectivity index (χ1n) is 8.57. The monoisotopic (exact) mass is 292 g/mol. The molecule has 0 bridgehead atoms. The molecule has 4 heteroatoms. The molecule has 1 aromatic heterocycles. The molecule has 0 spiro atoms. The zero-order valence-corrected chi connectivity index (χ0v) is 14.2. The molecule has 0 aliphatic carbocycles. The average Bonchev–Trinajstić information content (AvgIpc) is 2.45. The molecule has 4 nitrogen and oxygen atoms in total. The molecular formula is C17H32N4. The van der Waals surface area contributed by atoms with Crippen molar-refractivity contribution < 1.29 is 0 Å².